The first-order chi connectivity index (χ1) is 16.5. The molecule has 0 bridgehead atoms. The lowest BCUT2D eigenvalue weighted by atomic mass is 10.2. The molecule has 3 aromatic heterocycles. The monoisotopic (exact) mass is 477 g/mol. The van der Waals surface area contributed by atoms with Gasteiger partial charge in [0, 0.05) is 23.0 Å². The van der Waals surface area contributed by atoms with Crippen LogP contribution in [0.4, 0.5) is 10.5 Å². The van der Waals surface area contributed by atoms with E-state index in [2.05, 4.69) is 26.3 Å². The molecular formula is C23H23N7O3S. The van der Waals surface area contributed by atoms with Crippen LogP contribution in [0.2, 0.25) is 0 Å². The van der Waals surface area contributed by atoms with Crippen molar-refractivity contribution in [3.63, 3.8) is 0 Å². The molecule has 0 radical (unpaired) electrons. The first-order valence-electron chi connectivity index (χ1n) is 11.4. The molecule has 34 heavy (non-hydrogen) atoms. The number of fused-ring (bicyclic) bond motifs is 1. The summed E-state index contributed by atoms with van der Waals surface area (Å²) in [6, 6.07) is 3.91. The maximum absolute atomic E-state index is 12.7. The molecular weight excluding hydrogens is 454 g/mol. The third kappa shape index (κ3) is 4.03. The van der Waals surface area contributed by atoms with E-state index in [1.54, 1.807) is 16.8 Å². The van der Waals surface area contributed by atoms with Gasteiger partial charge in [0.05, 0.1) is 28.1 Å². The van der Waals surface area contributed by atoms with Crippen molar-refractivity contribution in [3.8, 4) is 11.3 Å². The fourth-order valence-corrected chi connectivity index (χ4v) is 5.13. The number of rotatable bonds is 6. The number of carbonyl (C=O) groups is 3. The molecule has 10 nitrogen and oxygen atoms in total. The minimum Gasteiger partial charge on any atom is -0.379 e. The zero-order valence-corrected chi connectivity index (χ0v) is 19.1. The zero-order valence-electron chi connectivity index (χ0n) is 18.3. The molecule has 0 unspecified atom stereocenters. The van der Waals surface area contributed by atoms with Crippen LogP contribution in [0, 0.1) is 0 Å². The second kappa shape index (κ2) is 8.24. The number of thiophene rings is 1. The summed E-state index contributed by atoms with van der Waals surface area (Å²) in [7, 11) is 0. The highest BCUT2D eigenvalue weighted by atomic mass is 32.1. The van der Waals surface area contributed by atoms with E-state index >= 15 is 0 Å². The van der Waals surface area contributed by atoms with Crippen molar-refractivity contribution in [2.45, 2.75) is 50.6 Å². The van der Waals surface area contributed by atoms with Crippen LogP contribution in [0.25, 0.3) is 23.0 Å². The summed E-state index contributed by atoms with van der Waals surface area (Å²) in [6.07, 6.45) is 9.75. The van der Waals surface area contributed by atoms with Gasteiger partial charge in [-0.1, -0.05) is 12.8 Å². The van der Waals surface area contributed by atoms with Crippen molar-refractivity contribution in [1.29, 1.82) is 0 Å². The second-order valence-corrected chi connectivity index (χ2v) is 9.81. The lowest BCUT2D eigenvalue weighted by molar-refractivity contribution is -0.115. The van der Waals surface area contributed by atoms with E-state index in [-0.39, 0.29) is 17.6 Å². The first-order valence-corrected chi connectivity index (χ1v) is 12.3. The van der Waals surface area contributed by atoms with Gasteiger partial charge in [0.1, 0.15) is 5.70 Å². The Bertz CT molecular complexity index is 1350. The van der Waals surface area contributed by atoms with Crippen LogP contribution in [0.3, 0.4) is 0 Å². The number of urea groups is 1. The van der Waals surface area contributed by atoms with Gasteiger partial charge < -0.3 is 16.0 Å². The molecule has 3 aromatic rings. The molecule has 0 aromatic carbocycles. The lowest BCUT2D eigenvalue weighted by Crippen LogP contribution is -2.31. The summed E-state index contributed by atoms with van der Waals surface area (Å²) >= 11 is 1.40. The van der Waals surface area contributed by atoms with Crippen molar-refractivity contribution < 1.29 is 14.4 Å². The number of carbonyl (C=O) groups excluding carboxylic acids is 3. The highest BCUT2D eigenvalue weighted by Crippen LogP contribution is 2.32. The topological polar surface area (TPSA) is 130 Å². The molecule has 4 amide bonds. The third-order valence-electron chi connectivity index (χ3n) is 6.25. The number of nitrogens with zero attached hydrogens (tertiary/aromatic N) is 3. The number of anilines is 1. The number of amides is 4. The van der Waals surface area contributed by atoms with Crippen molar-refractivity contribution in [2.75, 3.05) is 5.32 Å². The Hall–Kier alpha value is -3.73. The number of aromatic nitrogens is 3. The number of imide groups is 1. The van der Waals surface area contributed by atoms with Crippen LogP contribution in [0.15, 0.2) is 29.4 Å². The number of imidazole rings is 1. The van der Waals surface area contributed by atoms with E-state index in [0.29, 0.717) is 28.0 Å². The Kier molecular flexibility index (Phi) is 5.05. The van der Waals surface area contributed by atoms with Crippen LogP contribution in [-0.4, -0.2) is 44.5 Å². The summed E-state index contributed by atoms with van der Waals surface area (Å²) in [4.78, 5) is 41.3. The smallest absolute Gasteiger partial charge is 0.326 e. The van der Waals surface area contributed by atoms with E-state index in [1.165, 1.54) is 11.3 Å². The number of nitrogens with one attached hydrogen (secondary N) is 4. The predicted molar refractivity (Wildman–Crippen MR) is 127 cm³/mol. The molecule has 2 saturated carbocycles. The minimum atomic E-state index is -0.559. The van der Waals surface area contributed by atoms with E-state index in [0.717, 1.165) is 49.8 Å². The molecule has 3 fully saturated rings. The molecule has 1 aliphatic heterocycles. The molecule has 1 saturated heterocycles. The quantitative estimate of drug-likeness (QED) is 0.319. The van der Waals surface area contributed by atoms with Gasteiger partial charge in [-0.2, -0.15) is 5.10 Å². The first kappa shape index (κ1) is 20.8. The number of hydrogen-bond acceptors (Lipinski definition) is 7. The second-order valence-electron chi connectivity index (χ2n) is 8.90. The van der Waals surface area contributed by atoms with E-state index in [1.807, 2.05) is 17.5 Å². The maximum atomic E-state index is 12.7. The van der Waals surface area contributed by atoms with Crippen LogP contribution in [0.5, 0.6) is 0 Å². The van der Waals surface area contributed by atoms with Gasteiger partial charge >= 0.3 is 6.03 Å². The third-order valence-corrected chi connectivity index (χ3v) is 7.18. The zero-order chi connectivity index (χ0) is 23.2. The highest BCUT2D eigenvalue weighted by molar-refractivity contribution is 7.12. The molecule has 0 spiro atoms. The van der Waals surface area contributed by atoms with Crippen LogP contribution < -0.4 is 21.3 Å². The van der Waals surface area contributed by atoms with Gasteiger partial charge in [-0.15, -0.1) is 11.3 Å². The van der Waals surface area contributed by atoms with E-state index in [9.17, 15) is 14.4 Å². The Morgan fingerprint density at radius 1 is 1.12 bits per heavy atom. The van der Waals surface area contributed by atoms with Crippen molar-refractivity contribution in [2.24, 2.45) is 0 Å². The molecule has 2 aliphatic carbocycles. The Morgan fingerprint density at radius 3 is 2.68 bits per heavy atom. The van der Waals surface area contributed by atoms with E-state index in [4.69, 9.17) is 5.10 Å². The van der Waals surface area contributed by atoms with Gasteiger partial charge in [0.25, 0.3) is 11.8 Å². The van der Waals surface area contributed by atoms with Gasteiger partial charge in [0.15, 0.2) is 5.65 Å². The Labute approximate surface area is 198 Å². The summed E-state index contributed by atoms with van der Waals surface area (Å²) in [5.74, 6) is -0.542. The molecule has 11 heteroatoms. The molecule has 6 rings (SSSR count). The average molecular weight is 478 g/mol. The fourth-order valence-electron chi connectivity index (χ4n) is 4.33. The Morgan fingerprint density at radius 2 is 1.94 bits per heavy atom. The van der Waals surface area contributed by atoms with E-state index < -0.39 is 11.9 Å². The molecule has 0 atom stereocenters. The van der Waals surface area contributed by atoms with Crippen molar-refractivity contribution in [3.05, 3.63) is 40.0 Å². The summed E-state index contributed by atoms with van der Waals surface area (Å²) < 4.78 is 1.65. The minimum absolute atomic E-state index is 0.0448. The molecule has 3 aliphatic rings. The SMILES string of the molecule is O=C1NC(=O)/C(=C/c2cnc3c(NC4CC4)cc(-c4csc(C(=O)NC5CCCC5)c4)nn23)N1. The van der Waals surface area contributed by atoms with Gasteiger partial charge in [-0.05, 0) is 43.9 Å². The number of hydrogen-bond donors (Lipinski definition) is 4. The van der Waals surface area contributed by atoms with Crippen molar-refractivity contribution in [1.82, 2.24) is 30.5 Å². The Balaban J connectivity index is 1.36. The normalized spacial score (nSPS) is 19.6. The van der Waals surface area contributed by atoms with Crippen LogP contribution in [-0.2, 0) is 4.79 Å². The fraction of sp³-hybridized carbons (Fsp3) is 0.348. The summed E-state index contributed by atoms with van der Waals surface area (Å²) in [5.41, 5.74) is 3.67. The van der Waals surface area contributed by atoms with Crippen LogP contribution in [0.1, 0.15) is 53.9 Å². The lowest BCUT2D eigenvalue weighted by Gasteiger charge is -2.10. The average Bonchev–Trinajstić information content (AvgIpc) is 3.24. The van der Waals surface area contributed by atoms with Gasteiger partial charge in [-0.3, -0.25) is 14.9 Å². The summed E-state index contributed by atoms with van der Waals surface area (Å²) in [5, 5.41) is 18.0. The van der Waals surface area contributed by atoms with Crippen molar-refractivity contribution >= 4 is 46.6 Å². The predicted octanol–water partition coefficient (Wildman–Crippen LogP) is 2.88. The molecule has 174 valence electrons. The van der Waals surface area contributed by atoms with Gasteiger partial charge in [-0.25, -0.2) is 14.3 Å². The summed E-state index contributed by atoms with van der Waals surface area (Å²) in [6.45, 7) is 0. The standard InChI is InChI=1S/C23H23N7O3S/c31-21-18(27-23(33)28-21)8-15-10-24-20-17(25-14-5-6-14)9-16(29-30(15)20)12-7-19(34-11-12)22(32)26-13-3-1-2-4-13/h7-11,13-14,25H,1-6H2,(H,26,32)(H2,27,28,31,33)/b18-8-. The largest absolute Gasteiger partial charge is 0.379 e. The van der Waals surface area contributed by atoms with Crippen LogP contribution >= 0.6 is 11.3 Å². The molecule has 4 N–H and O–H groups in total. The highest BCUT2D eigenvalue weighted by Gasteiger charge is 2.26. The maximum Gasteiger partial charge on any atom is 0.326 e. The molecule has 4 heterocycles. The van der Waals surface area contributed by atoms with Gasteiger partial charge in [0.2, 0.25) is 0 Å².